The molecular formula is C23H32O3. The molecule has 26 heavy (non-hydrogen) atoms. The molecule has 5 atom stereocenters. The molecule has 0 amide bonds. The largest absolute Gasteiger partial charge is 0.508 e. The maximum Gasteiger partial charge on any atom is 0.306 e. The number of fused-ring (bicyclic) bond motifs is 5. The molecule has 0 unspecified atom stereocenters. The topological polar surface area (TPSA) is 46.5 Å². The molecule has 0 aliphatic heterocycles. The van der Waals surface area contributed by atoms with E-state index in [2.05, 4.69) is 0 Å². The third kappa shape index (κ3) is 2.93. The van der Waals surface area contributed by atoms with Crippen LogP contribution in [0.25, 0.3) is 0 Å². The zero-order valence-corrected chi connectivity index (χ0v) is 15.0. The number of carbonyl (C=O) groups excluding carboxylic acids is 1. The highest BCUT2D eigenvalue weighted by Crippen LogP contribution is 2.61. The molecule has 0 bridgehead atoms. The normalized spacial score (nSPS) is 42.6. The first-order valence-corrected chi connectivity index (χ1v) is 9.48. The number of esters is 1. The number of ether oxygens (including phenoxy) is 1. The Morgan fingerprint density at radius 1 is 1.38 bits per heavy atom. The van der Waals surface area contributed by atoms with Gasteiger partial charge in [0.05, 0.1) is 0 Å². The van der Waals surface area contributed by atoms with Gasteiger partial charge in [-0.05, 0) is 85.9 Å². The fraction of sp³-hybridized carbons (Fsp3) is 0.696. The van der Waals surface area contributed by atoms with E-state index in [9.17, 15) is 9.90 Å². The highest BCUT2D eigenvalue weighted by Gasteiger charge is 2.56. The molecule has 1 aromatic rings. The van der Waals surface area contributed by atoms with Crippen LogP contribution in [0.2, 0.25) is 0 Å². The molecule has 4 rings (SSSR count). The number of hydrogen-bond donors (Lipinski definition) is 1. The summed E-state index contributed by atoms with van der Waals surface area (Å²) in [6.45, 7) is -1.45. The van der Waals surface area contributed by atoms with E-state index in [4.69, 9.17) is 17.1 Å². The quantitative estimate of drug-likeness (QED) is 0.732. The zero-order valence-electron chi connectivity index (χ0n) is 24.0. The average molecular weight is 366 g/mol. The van der Waals surface area contributed by atoms with Gasteiger partial charge in [-0.1, -0.05) is 26.2 Å². The van der Waals surface area contributed by atoms with Crippen molar-refractivity contribution in [3.63, 3.8) is 0 Å². The predicted molar refractivity (Wildman–Crippen MR) is 102 cm³/mol. The van der Waals surface area contributed by atoms with E-state index >= 15 is 0 Å². The van der Waals surface area contributed by atoms with Crippen molar-refractivity contribution >= 4 is 5.97 Å². The van der Waals surface area contributed by atoms with Crippen LogP contribution < -0.4 is 0 Å². The molecule has 0 spiro atoms. The average Bonchev–Trinajstić information content (AvgIpc) is 3.08. The second kappa shape index (κ2) is 6.90. The second-order valence-electron chi connectivity index (χ2n) is 8.19. The summed E-state index contributed by atoms with van der Waals surface area (Å²) in [6, 6.07) is 5.53. The highest BCUT2D eigenvalue weighted by atomic mass is 16.5. The van der Waals surface area contributed by atoms with E-state index < -0.39 is 43.5 Å². The highest BCUT2D eigenvalue weighted by molar-refractivity contribution is 5.69. The van der Waals surface area contributed by atoms with Crippen molar-refractivity contribution in [2.45, 2.75) is 83.4 Å². The van der Waals surface area contributed by atoms with Gasteiger partial charge in [0.1, 0.15) is 11.9 Å². The van der Waals surface area contributed by atoms with Gasteiger partial charge in [-0.15, -0.1) is 0 Å². The smallest absolute Gasteiger partial charge is 0.306 e. The van der Waals surface area contributed by atoms with Crippen LogP contribution in [-0.2, 0) is 16.0 Å². The minimum absolute atomic E-state index is 0.220. The summed E-state index contributed by atoms with van der Waals surface area (Å²) >= 11 is 0. The summed E-state index contributed by atoms with van der Waals surface area (Å²) in [5.74, 6) is -0.402. The summed E-state index contributed by atoms with van der Waals surface area (Å²) in [5.41, 5.74) is 1.98. The minimum Gasteiger partial charge on any atom is -0.508 e. The summed E-state index contributed by atoms with van der Waals surface area (Å²) in [5, 5.41) is 9.85. The van der Waals surface area contributed by atoms with Crippen molar-refractivity contribution in [1.29, 1.82) is 0 Å². The summed E-state index contributed by atoms with van der Waals surface area (Å²) in [7, 11) is 0. The zero-order chi connectivity index (χ0) is 26.2. The summed E-state index contributed by atoms with van der Waals surface area (Å²) < 4.78 is 75.1. The fourth-order valence-corrected chi connectivity index (χ4v) is 5.96. The van der Waals surface area contributed by atoms with Gasteiger partial charge in [-0.2, -0.15) is 0 Å². The molecule has 3 aliphatic carbocycles. The lowest BCUT2D eigenvalue weighted by Crippen LogP contribution is -2.45. The Bertz CT molecular complexity index is 1010. The van der Waals surface area contributed by atoms with Crippen LogP contribution >= 0.6 is 0 Å². The third-order valence-electron chi connectivity index (χ3n) is 7.10. The van der Waals surface area contributed by atoms with Crippen molar-refractivity contribution in [3.05, 3.63) is 29.3 Å². The van der Waals surface area contributed by atoms with Gasteiger partial charge in [0.2, 0.25) is 0 Å². The molecule has 0 saturated heterocycles. The number of aryl methyl sites for hydroxylation is 1. The molecule has 2 fully saturated rings. The van der Waals surface area contributed by atoms with E-state index in [1.807, 2.05) is 19.1 Å². The molecule has 0 heterocycles. The number of aromatic hydroxyl groups is 1. The van der Waals surface area contributed by atoms with Gasteiger partial charge in [0.15, 0.2) is 0 Å². The Labute approximate surface area is 169 Å². The molecule has 3 heteroatoms. The van der Waals surface area contributed by atoms with Crippen LogP contribution in [0, 0.1) is 17.3 Å². The molecule has 0 radical (unpaired) electrons. The van der Waals surface area contributed by atoms with Crippen molar-refractivity contribution in [2.75, 3.05) is 0 Å². The predicted octanol–water partition coefficient (Wildman–Crippen LogP) is 5.35. The number of hydrogen-bond acceptors (Lipinski definition) is 3. The van der Waals surface area contributed by atoms with Crippen molar-refractivity contribution < 1.29 is 27.0 Å². The van der Waals surface area contributed by atoms with E-state index in [-0.39, 0.29) is 11.7 Å². The van der Waals surface area contributed by atoms with E-state index in [0.717, 1.165) is 37.7 Å². The van der Waals surface area contributed by atoms with E-state index in [1.165, 1.54) is 5.56 Å². The molecular weight excluding hydrogens is 324 g/mol. The van der Waals surface area contributed by atoms with Gasteiger partial charge in [0.25, 0.3) is 0 Å². The van der Waals surface area contributed by atoms with Crippen LogP contribution in [0.15, 0.2) is 18.2 Å². The standard InChI is InChI=1S/C23H32O3/c1-3-4-5-22(25)26-21-11-10-20-19-8-6-15-14-16(24)7-9-17(15)18(19)12-13-23(20,21)2/h7,9,14,18-21,24H,3-6,8,10-13H2,1-2H3/t18-,19-,20+,21+,23+/m0/s1/i1D3,3D2,4D2,5D2. The Morgan fingerprint density at radius 3 is 3.12 bits per heavy atom. The van der Waals surface area contributed by atoms with Crippen LogP contribution in [0.3, 0.4) is 0 Å². The van der Waals surface area contributed by atoms with Crippen molar-refractivity contribution in [1.82, 2.24) is 0 Å². The van der Waals surface area contributed by atoms with Crippen LogP contribution in [-0.4, -0.2) is 17.2 Å². The lowest BCUT2D eigenvalue weighted by molar-refractivity contribution is -0.157. The van der Waals surface area contributed by atoms with Gasteiger partial charge in [0, 0.05) is 24.1 Å². The lowest BCUT2D eigenvalue weighted by atomic mass is 9.55. The first-order chi connectivity index (χ1) is 15.9. The van der Waals surface area contributed by atoms with Gasteiger partial charge >= 0.3 is 5.97 Å². The van der Waals surface area contributed by atoms with E-state index in [0.29, 0.717) is 18.3 Å². The molecule has 142 valence electrons. The monoisotopic (exact) mass is 365 g/mol. The maximum absolute atomic E-state index is 12.9. The Hall–Kier alpha value is -1.51. The minimum atomic E-state index is -3.64. The fourth-order valence-electron chi connectivity index (χ4n) is 5.96. The van der Waals surface area contributed by atoms with Crippen LogP contribution in [0.4, 0.5) is 0 Å². The lowest BCUT2D eigenvalue weighted by Gasteiger charge is -2.50. The Balaban J connectivity index is 1.54. The third-order valence-corrected chi connectivity index (χ3v) is 7.10. The first-order valence-electron chi connectivity index (χ1n) is 14.0. The first kappa shape index (κ1) is 10.1. The second-order valence-corrected chi connectivity index (χ2v) is 8.19. The van der Waals surface area contributed by atoms with E-state index in [1.54, 1.807) is 6.07 Å². The number of phenols is 1. The number of benzene rings is 1. The molecule has 3 nitrogen and oxygen atoms in total. The summed E-state index contributed by atoms with van der Waals surface area (Å²) in [4.78, 5) is 12.9. The SMILES string of the molecule is [2H]C([2H])([2H])C([2H])([2H])C([2H])([2H])C([2H])([2H])C(=O)O[C@@H]1CC[C@@H]2[C@H]3CCc4cc(O)ccc4[C@@H]3CC[C@]21C. The Kier molecular flexibility index (Phi) is 2.69. The number of carbonyl (C=O) groups is 1. The molecule has 1 N–H and O–H groups in total. The van der Waals surface area contributed by atoms with Gasteiger partial charge in [-0.3, -0.25) is 4.79 Å². The van der Waals surface area contributed by atoms with Crippen molar-refractivity contribution in [3.8, 4) is 5.75 Å². The van der Waals surface area contributed by atoms with Crippen LogP contribution in [0.1, 0.15) is 94.4 Å². The molecule has 2 saturated carbocycles. The number of phenolic OH excluding ortho intramolecular Hbond substituents is 1. The molecule has 0 aromatic heterocycles. The molecule has 3 aliphatic rings. The Morgan fingerprint density at radius 2 is 2.27 bits per heavy atom. The van der Waals surface area contributed by atoms with Crippen LogP contribution in [0.5, 0.6) is 5.75 Å². The van der Waals surface area contributed by atoms with Gasteiger partial charge < -0.3 is 9.84 Å². The maximum atomic E-state index is 12.9. The molecule has 1 aromatic carbocycles. The van der Waals surface area contributed by atoms with Gasteiger partial charge in [-0.25, -0.2) is 0 Å². The van der Waals surface area contributed by atoms with Crippen molar-refractivity contribution in [2.24, 2.45) is 17.3 Å². The summed E-state index contributed by atoms with van der Waals surface area (Å²) in [6.07, 6.45) is -6.79. The number of rotatable bonds is 4.